The maximum Gasteiger partial charge on any atom is 0.229 e. The first-order chi connectivity index (χ1) is 14.5. The lowest BCUT2D eigenvalue weighted by molar-refractivity contribution is -0.133. The molecule has 1 aromatic carbocycles. The molecule has 154 valence electrons. The minimum absolute atomic E-state index is 0.0301. The molecule has 0 radical (unpaired) electrons. The van der Waals surface area contributed by atoms with Gasteiger partial charge in [-0.25, -0.2) is 9.37 Å². The number of halogens is 2. The monoisotopic (exact) mass is 423 g/mol. The average molecular weight is 424 g/mol. The van der Waals surface area contributed by atoms with E-state index >= 15 is 0 Å². The van der Waals surface area contributed by atoms with E-state index in [4.69, 9.17) is 11.6 Å². The molecule has 2 aromatic heterocycles. The Balaban J connectivity index is 1.29. The van der Waals surface area contributed by atoms with Crippen molar-refractivity contribution in [3.8, 4) is 0 Å². The first kappa shape index (κ1) is 19.4. The number of nitrogens with one attached hydrogen (secondary N) is 1. The summed E-state index contributed by atoms with van der Waals surface area (Å²) in [7, 11) is 0. The summed E-state index contributed by atoms with van der Waals surface area (Å²) in [4.78, 5) is 21.4. The lowest BCUT2D eigenvalue weighted by atomic mass is 9.52. The van der Waals surface area contributed by atoms with Crippen molar-refractivity contribution in [2.45, 2.75) is 44.4 Å². The number of pyridine rings is 2. The highest BCUT2D eigenvalue weighted by Crippen LogP contribution is 2.58. The van der Waals surface area contributed by atoms with Crippen molar-refractivity contribution in [3.05, 3.63) is 65.2 Å². The van der Waals surface area contributed by atoms with Crippen LogP contribution in [0.1, 0.15) is 50.0 Å². The Hall–Kier alpha value is -2.53. The molecule has 2 aliphatic carbocycles. The number of nitrogens with zero attached hydrogens (tertiary/aromatic N) is 2. The summed E-state index contributed by atoms with van der Waals surface area (Å²) in [6.07, 6.45) is 9.44. The number of carbonyl (C=O) groups is 1. The fourth-order valence-electron chi connectivity index (χ4n) is 5.37. The molecule has 0 saturated heterocycles. The number of fused-ring (bicyclic) bond motifs is 1. The first-order valence-electron chi connectivity index (χ1n) is 10.5. The summed E-state index contributed by atoms with van der Waals surface area (Å²) < 4.78 is 13.8. The molecule has 1 spiro atoms. The molecule has 1 N–H and O–H groups in total. The second-order valence-electron chi connectivity index (χ2n) is 8.64. The third kappa shape index (κ3) is 3.45. The van der Waals surface area contributed by atoms with E-state index in [9.17, 15) is 9.18 Å². The van der Waals surface area contributed by atoms with Gasteiger partial charge in [-0.15, -0.1) is 0 Å². The van der Waals surface area contributed by atoms with Crippen molar-refractivity contribution >= 4 is 34.2 Å². The molecular weight excluding hydrogens is 401 g/mol. The molecular formula is C24H23ClFN3O. The predicted molar refractivity (Wildman–Crippen MR) is 116 cm³/mol. The van der Waals surface area contributed by atoms with E-state index < -0.39 is 0 Å². The van der Waals surface area contributed by atoms with Crippen LogP contribution in [-0.4, -0.2) is 15.9 Å². The molecule has 30 heavy (non-hydrogen) atoms. The van der Waals surface area contributed by atoms with Gasteiger partial charge in [0.1, 0.15) is 11.6 Å². The molecule has 2 aliphatic rings. The van der Waals surface area contributed by atoms with Gasteiger partial charge >= 0.3 is 0 Å². The molecule has 3 aromatic rings. The van der Waals surface area contributed by atoms with Crippen LogP contribution in [0.4, 0.5) is 10.2 Å². The van der Waals surface area contributed by atoms with Gasteiger partial charge in [-0.2, -0.15) is 0 Å². The Kier molecular flexibility index (Phi) is 4.94. The van der Waals surface area contributed by atoms with Crippen molar-refractivity contribution in [1.82, 2.24) is 9.97 Å². The van der Waals surface area contributed by atoms with E-state index in [1.807, 2.05) is 12.3 Å². The quantitative estimate of drug-likeness (QED) is 0.552. The third-order valence-electron chi connectivity index (χ3n) is 7.12. The van der Waals surface area contributed by atoms with Gasteiger partial charge in [-0.05, 0) is 91.8 Å². The van der Waals surface area contributed by atoms with Gasteiger partial charge in [0.05, 0.1) is 10.5 Å². The van der Waals surface area contributed by atoms with Gasteiger partial charge in [-0.3, -0.25) is 9.78 Å². The standard InChI is InChI=1S/C24H23ClFN3O/c25-16-1-4-22(28-14-16)29-23(30)20-7-11-24(20)9-5-15(6-10-24)18-8-12-27-21-3-2-17(26)13-19(18)21/h1-4,8,12-15,20H,5-7,9-11H2,(H,28,29,30)/t15-,20-,24+/m1/s1. The normalized spacial score (nSPS) is 25.8. The van der Waals surface area contributed by atoms with Crippen LogP contribution in [0.5, 0.6) is 0 Å². The van der Waals surface area contributed by atoms with Crippen LogP contribution in [0.15, 0.2) is 48.8 Å². The Morgan fingerprint density at radius 1 is 1.07 bits per heavy atom. The molecule has 1 amide bonds. The molecule has 1 atom stereocenters. The molecule has 0 bridgehead atoms. The SMILES string of the molecule is O=C(Nc1ccc(Cl)cn1)[C@H]1CC[C@]12CC[C@H](c1ccnc3ccc(F)cc31)CC2. The van der Waals surface area contributed by atoms with Crippen LogP contribution in [-0.2, 0) is 4.79 Å². The Morgan fingerprint density at radius 3 is 2.57 bits per heavy atom. The fraction of sp³-hybridized carbons (Fsp3) is 0.375. The maximum atomic E-state index is 13.8. The number of anilines is 1. The van der Waals surface area contributed by atoms with Crippen molar-refractivity contribution in [1.29, 1.82) is 0 Å². The van der Waals surface area contributed by atoms with Crippen LogP contribution in [0.2, 0.25) is 5.02 Å². The average Bonchev–Trinajstić information content (AvgIpc) is 2.74. The van der Waals surface area contributed by atoms with Gasteiger partial charge in [0, 0.05) is 23.7 Å². The van der Waals surface area contributed by atoms with Crippen molar-refractivity contribution in [2.75, 3.05) is 5.32 Å². The molecule has 0 unspecified atom stereocenters. The number of amides is 1. The molecule has 2 fully saturated rings. The van der Waals surface area contributed by atoms with Crippen LogP contribution < -0.4 is 5.32 Å². The minimum Gasteiger partial charge on any atom is -0.310 e. The molecule has 6 heteroatoms. The van der Waals surface area contributed by atoms with Crippen LogP contribution in [0.25, 0.3) is 10.9 Å². The molecule has 4 nitrogen and oxygen atoms in total. The van der Waals surface area contributed by atoms with Gasteiger partial charge < -0.3 is 5.32 Å². The lowest BCUT2D eigenvalue weighted by Gasteiger charge is -2.52. The molecule has 2 heterocycles. The number of hydrogen-bond donors (Lipinski definition) is 1. The van der Waals surface area contributed by atoms with Crippen LogP contribution in [0.3, 0.4) is 0 Å². The predicted octanol–water partition coefficient (Wildman–Crippen LogP) is 6.12. The molecule has 2 saturated carbocycles. The summed E-state index contributed by atoms with van der Waals surface area (Å²) >= 11 is 5.88. The van der Waals surface area contributed by atoms with Crippen LogP contribution in [0, 0.1) is 17.2 Å². The van der Waals surface area contributed by atoms with Crippen molar-refractivity contribution in [2.24, 2.45) is 11.3 Å². The van der Waals surface area contributed by atoms with E-state index in [2.05, 4.69) is 15.3 Å². The number of carbonyl (C=O) groups excluding carboxylic acids is 1. The highest BCUT2D eigenvalue weighted by molar-refractivity contribution is 6.30. The van der Waals surface area contributed by atoms with E-state index in [1.54, 1.807) is 30.5 Å². The third-order valence-corrected chi connectivity index (χ3v) is 7.35. The first-order valence-corrected chi connectivity index (χ1v) is 10.9. The van der Waals surface area contributed by atoms with E-state index in [1.165, 1.54) is 11.6 Å². The smallest absolute Gasteiger partial charge is 0.229 e. The highest BCUT2D eigenvalue weighted by atomic mass is 35.5. The fourth-order valence-corrected chi connectivity index (χ4v) is 5.48. The number of hydrogen-bond acceptors (Lipinski definition) is 3. The zero-order valence-electron chi connectivity index (χ0n) is 16.6. The Morgan fingerprint density at radius 2 is 1.87 bits per heavy atom. The van der Waals surface area contributed by atoms with Gasteiger partial charge in [-0.1, -0.05) is 11.6 Å². The summed E-state index contributed by atoms with van der Waals surface area (Å²) in [6.45, 7) is 0. The van der Waals surface area contributed by atoms with E-state index in [-0.39, 0.29) is 23.1 Å². The number of aromatic nitrogens is 2. The van der Waals surface area contributed by atoms with Crippen molar-refractivity contribution < 1.29 is 9.18 Å². The van der Waals surface area contributed by atoms with Gasteiger partial charge in [0.2, 0.25) is 5.91 Å². The number of rotatable bonds is 3. The zero-order valence-corrected chi connectivity index (χ0v) is 17.3. The largest absolute Gasteiger partial charge is 0.310 e. The maximum absolute atomic E-state index is 13.8. The second-order valence-corrected chi connectivity index (χ2v) is 9.08. The summed E-state index contributed by atoms with van der Waals surface area (Å²) in [5.41, 5.74) is 2.10. The van der Waals surface area contributed by atoms with E-state index in [0.29, 0.717) is 16.8 Å². The van der Waals surface area contributed by atoms with Crippen molar-refractivity contribution in [3.63, 3.8) is 0 Å². The molecule has 0 aliphatic heterocycles. The van der Waals surface area contributed by atoms with Crippen LogP contribution >= 0.6 is 11.6 Å². The zero-order chi connectivity index (χ0) is 20.7. The summed E-state index contributed by atoms with van der Waals surface area (Å²) in [5, 5.41) is 4.42. The lowest BCUT2D eigenvalue weighted by Crippen LogP contribution is -2.48. The minimum atomic E-state index is -0.226. The summed E-state index contributed by atoms with van der Waals surface area (Å²) in [6, 6.07) is 10.3. The Bertz CT molecular complexity index is 1090. The Labute approximate surface area is 179 Å². The molecule has 5 rings (SSSR count). The van der Waals surface area contributed by atoms with E-state index in [0.717, 1.165) is 49.4 Å². The second kappa shape index (κ2) is 7.62. The van der Waals surface area contributed by atoms with Gasteiger partial charge in [0.25, 0.3) is 0 Å². The number of benzene rings is 1. The highest BCUT2D eigenvalue weighted by Gasteiger charge is 2.51. The summed E-state index contributed by atoms with van der Waals surface area (Å²) in [5.74, 6) is 0.791. The topological polar surface area (TPSA) is 54.9 Å². The van der Waals surface area contributed by atoms with Gasteiger partial charge in [0.15, 0.2) is 0 Å².